The molecule has 0 radical (unpaired) electrons. The Labute approximate surface area is 283 Å². The monoisotopic (exact) mass is 660 g/mol. The van der Waals surface area contributed by atoms with Gasteiger partial charge in [-0.3, -0.25) is 14.6 Å². The van der Waals surface area contributed by atoms with Crippen molar-refractivity contribution < 1.29 is 33.3 Å². The van der Waals surface area contributed by atoms with E-state index in [2.05, 4.69) is 9.98 Å². The molecule has 1 aromatic heterocycles. The van der Waals surface area contributed by atoms with Crippen molar-refractivity contribution in [2.45, 2.75) is 85.4 Å². The molecule has 0 aliphatic heterocycles. The third-order valence-electron chi connectivity index (χ3n) is 7.29. The van der Waals surface area contributed by atoms with Gasteiger partial charge in [-0.15, -0.1) is 0 Å². The van der Waals surface area contributed by atoms with Crippen molar-refractivity contribution in [3.8, 4) is 17.2 Å². The van der Waals surface area contributed by atoms with Gasteiger partial charge in [0, 0.05) is 41.7 Å². The maximum atomic E-state index is 13.6. The van der Waals surface area contributed by atoms with Crippen molar-refractivity contribution in [3.63, 3.8) is 0 Å². The molecule has 11 heteroatoms. The average Bonchev–Trinajstić information content (AvgIpc) is 3.04. The number of carbonyl (C=O) groups is 3. The Morgan fingerprint density at radius 1 is 0.833 bits per heavy atom. The van der Waals surface area contributed by atoms with Crippen LogP contribution >= 0.6 is 0 Å². The fourth-order valence-electron chi connectivity index (χ4n) is 4.90. The summed E-state index contributed by atoms with van der Waals surface area (Å²) in [5.74, 6) is 0.451. The van der Waals surface area contributed by atoms with Crippen LogP contribution in [0.25, 0.3) is 0 Å². The van der Waals surface area contributed by atoms with Crippen molar-refractivity contribution in [3.05, 3.63) is 83.7 Å². The second-order valence-corrected chi connectivity index (χ2v) is 12.2. The summed E-state index contributed by atoms with van der Waals surface area (Å²) in [6, 6.07) is 15.3. The molecule has 2 N–H and O–H groups in total. The molecule has 11 nitrogen and oxygen atoms in total. The van der Waals surface area contributed by atoms with Crippen molar-refractivity contribution in [1.29, 1.82) is 0 Å². The van der Waals surface area contributed by atoms with Crippen LogP contribution in [0.15, 0.2) is 72.0 Å². The number of carbonyl (C=O) groups excluding carboxylic acids is 3. The van der Waals surface area contributed by atoms with Crippen LogP contribution in [-0.4, -0.2) is 71.0 Å². The van der Waals surface area contributed by atoms with Gasteiger partial charge in [0.05, 0.1) is 25.4 Å². The van der Waals surface area contributed by atoms with E-state index < -0.39 is 17.5 Å². The lowest BCUT2D eigenvalue weighted by molar-refractivity contribution is -0.158. The quantitative estimate of drug-likeness (QED) is 0.0771. The van der Waals surface area contributed by atoms with E-state index in [9.17, 15) is 14.4 Å². The van der Waals surface area contributed by atoms with E-state index in [1.165, 1.54) is 12.4 Å². The molecule has 0 unspecified atom stereocenters. The Bertz CT molecular complexity index is 1530. The first-order valence-electron chi connectivity index (χ1n) is 16.3. The summed E-state index contributed by atoms with van der Waals surface area (Å²) in [5.41, 5.74) is 6.09. The number of aliphatic imine (C=N–C) groups is 1. The Morgan fingerprint density at radius 2 is 1.42 bits per heavy atom. The molecule has 3 rings (SSSR count). The van der Waals surface area contributed by atoms with Gasteiger partial charge in [0.2, 0.25) is 0 Å². The lowest BCUT2D eigenvalue weighted by Gasteiger charge is -2.32. The van der Waals surface area contributed by atoms with Gasteiger partial charge in [0.25, 0.3) is 11.8 Å². The molecule has 0 aliphatic carbocycles. The molecule has 0 atom stereocenters. The highest BCUT2D eigenvalue weighted by Crippen LogP contribution is 2.31. The second kappa shape index (κ2) is 17.8. The summed E-state index contributed by atoms with van der Waals surface area (Å²) >= 11 is 0. The van der Waals surface area contributed by atoms with Crippen LogP contribution in [0.3, 0.4) is 0 Å². The molecule has 2 aromatic carbocycles. The molecule has 48 heavy (non-hydrogen) atoms. The molecule has 0 bridgehead atoms. The number of unbranched alkanes of at least 4 members (excludes halogenated alkanes) is 2. The van der Waals surface area contributed by atoms with Crippen LogP contribution in [-0.2, 0) is 9.53 Å². The molecule has 0 saturated carbocycles. The largest absolute Gasteiger partial charge is 0.494 e. The number of pyridine rings is 1. The summed E-state index contributed by atoms with van der Waals surface area (Å²) in [4.78, 5) is 48.1. The van der Waals surface area contributed by atoms with Gasteiger partial charge >= 0.3 is 5.97 Å². The highest BCUT2D eigenvalue weighted by Gasteiger charge is 2.34. The van der Waals surface area contributed by atoms with Crippen molar-refractivity contribution in [2.75, 3.05) is 19.8 Å². The molecule has 3 aromatic rings. The summed E-state index contributed by atoms with van der Waals surface area (Å²) in [6.45, 7) is 14.0. The lowest BCUT2D eigenvalue weighted by atomic mass is 10.1. The Balaban J connectivity index is 1.53. The van der Waals surface area contributed by atoms with Crippen LogP contribution < -0.4 is 19.9 Å². The standard InChI is InChI=1S/C37H48N4O7/c1-8-45-36(44)37(6,7)48-32-24-30(16-17-31(32)35(43)41(25(2)3)26(4)5)47-23-11-9-10-22-46-29-14-12-27(13-15-29)33(38)40-34(42)28-18-20-39-21-19-28/h12-21,24-26H,8-11,22-23H2,1-7H3,(H2,38,40,42). The SMILES string of the molecule is CCOC(=O)C(C)(C)Oc1cc(OCCCCCOc2ccc(/C(N)=N\C(=O)c3ccncc3)cc2)ccc1C(=O)N(C(C)C)C(C)C. The van der Waals surface area contributed by atoms with Crippen molar-refractivity contribution in [2.24, 2.45) is 10.7 Å². The number of hydrogen-bond acceptors (Lipinski definition) is 8. The van der Waals surface area contributed by atoms with Gasteiger partial charge < -0.3 is 29.6 Å². The van der Waals surface area contributed by atoms with Crippen LogP contribution in [0.5, 0.6) is 17.2 Å². The number of amides is 2. The zero-order valence-electron chi connectivity index (χ0n) is 29.0. The zero-order valence-corrected chi connectivity index (χ0v) is 29.0. The molecule has 0 saturated heterocycles. The van der Waals surface area contributed by atoms with Crippen molar-refractivity contribution in [1.82, 2.24) is 9.88 Å². The summed E-state index contributed by atoms with van der Waals surface area (Å²) in [5, 5.41) is 0. The van der Waals surface area contributed by atoms with E-state index in [0.29, 0.717) is 41.4 Å². The number of rotatable bonds is 17. The van der Waals surface area contributed by atoms with Gasteiger partial charge in [-0.25, -0.2) is 4.79 Å². The first-order chi connectivity index (χ1) is 22.8. The van der Waals surface area contributed by atoms with E-state index in [0.717, 1.165) is 19.3 Å². The Morgan fingerprint density at radius 3 is 2.00 bits per heavy atom. The number of aromatic nitrogens is 1. The third kappa shape index (κ3) is 10.8. The number of nitrogens with two attached hydrogens (primary N) is 1. The maximum absolute atomic E-state index is 13.6. The minimum absolute atomic E-state index is 0.0312. The fourth-order valence-corrected chi connectivity index (χ4v) is 4.90. The van der Waals surface area contributed by atoms with E-state index in [-0.39, 0.29) is 36.2 Å². The van der Waals surface area contributed by atoms with Gasteiger partial charge in [-0.05, 0) is 116 Å². The lowest BCUT2D eigenvalue weighted by Crippen LogP contribution is -2.43. The number of esters is 1. The number of ether oxygens (including phenoxy) is 4. The number of hydrogen-bond donors (Lipinski definition) is 1. The van der Waals surface area contributed by atoms with Gasteiger partial charge in [0.15, 0.2) is 5.60 Å². The number of benzene rings is 2. The van der Waals surface area contributed by atoms with E-state index in [4.69, 9.17) is 24.7 Å². The molecular formula is C37H48N4O7. The maximum Gasteiger partial charge on any atom is 0.349 e. The Kier molecular flexibility index (Phi) is 13.9. The summed E-state index contributed by atoms with van der Waals surface area (Å²) in [7, 11) is 0. The smallest absolute Gasteiger partial charge is 0.349 e. The first kappa shape index (κ1) is 37.5. The molecule has 0 fully saturated rings. The van der Waals surface area contributed by atoms with Crippen LogP contribution in [0.4, 0.5) is 0 Å². The van der Waals surface area contributed by atoms with Crippen LogP contribution in [0, 0.1) is 0 Å². The molecule has 2 amide bonds. The van der Waals surface area contributed by atoms with Crippen LogP contribution in [0.2, 0.25) is 0 Å². The van der Waals surface area contributed by atoms with E-state index in [1.807, 2.05) is 27.7 Å². The molecule has 1 heterocycles. The normalized spacial score (nSPS) is 11.7. The molecule has 0 spiro atoms. The van der Waals surface area contributed by atoms with E-state index in [1.54, 1.807) is 80.3 Å². The van der Waals surface area contributed by atoms with Gasteiger partial charge in [-0.2, -0.15) is 4.99 Å². The number of nitrogens with zero attached hydrogens (tertiary/aromatic N) is 3. The number of amidine groups is 1. The minimum Gasteiger partial charge on any atom is -0.494 e. The molecular weight excluding hydrogens is 612 g/mol. The second-order valence-electron chi connectivity index (χ2n) is 12.2. The Hall–Kier alpha value is -4.93. The fraction of sp³-hybridized carbons (Fsp3) is 0.432. The average molecular weight is 661 g/mol. The van der Waals surface area contributed by atoms with Gasteiger partial charge in [-0.1, -0.05) is 0 Å². The van der Waals surface area contributed by atoms with Crippen molar-refractivity contribution >= 4 is 23.6 Å². The molecule has 0 aliphatic rings. The predicted octanol–water partition coefficient (Wildman–Crippen LogP) is 6.23. The summed E-state index contributed by atoms with van der Waals surface area (Å²) in [6.07, 6.45) is 5.51. The minimum atomic E-state index is -1.32. The topological polar surface area (TPSA) is 143 Å². The highest BCUT2D eigenvalue weighted by atomic mass is 16.6. The summed E-state index contributed by atoms with van der Waals surface area (Å²) < 4.78 is 23.2. The highest BCUT2D eigenvalue weighted by molar-refractivity contribution is 6.08. The van der Waals surface area contributed by atoms with E-state index >= 15 is 0 Å². The predicted molar refractivity (Wildman–Crippen MR) is 185 cm³/mol. The zero-order chi connectivity index (χ0) is 35.3. The third-order valence-corrected chi connectivity index (χ3v) is 7.29. The van der Waals surface area contributed by atoms with Gasteiger partial charge in [0.1, 0.15) is 23.1 Å². The molecule has 258 valence electrons. The van der Waals surface area contributed by atoms with Crippen LogP contribution in [0.1, 0.15) is 94.0 Å². The first-order valence-corrected chi connectivity index (χ1v) is 16.3.